The predicted octanol–water partition coefficient (Wildman–Crippen LogP) is 4.38. The lowest BCUT2D eigenvalue weighted by Crippen LogP contribution is -2.23. The maximum atomic E-state index is 6.01. The number of guanidine groups is 1. The van der Waals surface area contributed by atoms with E-state index >= 15 is 0 Å². The Morgan fingerprint density at radius 3 is 2.73 bits per heavy atom. The fraction of sp³-hybridized carbons (Fsp3) is 0.250. The molecule has 0 aliphatic carbocycles. The van der Waals surface area contributed by atoms with Gasteiger partial charge in [-0.25, -0.2) is 0 Å². The lowest BCUT2D eigenvalue weighted by Gasteiger charge is -2.08. The van der Waals surface area contributed by atoms with Gasteiger partial charge in [-0.05, 0) is 61.2 Å². The summed E-state index contributed by atoms with van der Waals surface area (Å²) in [7, 11) is 1.69. The molecular weight excluding hydrogens is 439 g/mol. The second-order valence-electron chi connectivity index (χ2n) is 6.14. The van der Waals surface area contributed by atoms with Crippen LogP contribution in [0.2, 0.25) is 0 Å². The largest absolute Gasteiger partial charge is 0.496 e. The molecule has 1 heterocycles. The Kier molecular flexibility index (Phi) is 6.90. The zero-order chi connectivity index (χ0) is 17.8. The number of hydrogen-bond acceptors (Lipinski definition) is 2. The number of nitrogens with zero attached hydrogens (tertiary/aromatic N) is 1. The molecule has 2 aromatic carbocycles. The Bertz CT molecular complexity index is 917. The van der Waals surface area contributed by atoms with Crippen molar-refractivity contribution in [2.45, 2.75) is 20.3 Å². The van der Waals surface area contributed by atoms with Crippen LogP contribution in [0.5, 0.6) is 5.75 Å². The van der Waals surface area contributed by atoms with Gasteiger partial charge in [0.05, 0.1) is 7.11 Å². The van der Waals surface area contributed by atoms with Crippen LogP contribution in [0.25, 0.3) is 10.9 Å². The molecule has 4 N–H and O–H groups in total. The van der Waals surface area contributed by atoms with Crippen molar-refractivity contribution in [3.05, 3.63) is 59.3 Å². The maximum absolute atomic E-state index is 6.01. The number of nitrogens with one attached hydrogen (secondary N) is 2. The van der Waals surface area contributed by atoms with Crippen LogP contribution >= 0.6 is 24.0 Å². The number of H-pyrrole nitrogens is 1. The number of hydrogen-bond donors (Lipinski definition) is 3. The Labute approximate surface area is 171 Å². The quantitative estimate of drug-likeness (QED) is 0.298. The van der Waals surface area contributed by atoms with Gasteiger partial charge in [-0.3, -0.25) is 4.99 Å². The first-order chi connectivity index (χ1) is 12.1. The number of methoxy groups -OCH3 is 1. The number of halogens is 1. The lowest BCUT2D eigenvalue weighted by molar-refractivity contribution is 0.419. The molecule has 0 radical (unpaired) electrons. The summed E-state index contributed by atoms with van der Waals surface area (Å²) in [5.41, 5.74) is 11.7. The molecule has 0 bridgehead atoms. The highest BCUT2D eigenvalue weighted by Crippen LogP contribution is 2.28. The number of anilines is 1. The molecule has 0 aliphatic heterocycles. The van der Waals surface area contributed by atoms with Crippen molar-refractivity contribution < 1.29 is 4.74 Å². The number of rotatable bonds is 5. The molecular formula is C20H25IN4O. The summed E-state index contributed by atoms with van der Waals surface area (Å²) in [5.74, 6) is 1.30. The molecule has 3 rings (SSSR count). The zero-order valence-corrected chi connectivity index (χ0v) is 17.6. The average Bonchev–Trinajstić information content (AvgIpc) is 3.01. The average molecular weight is 464 g/mol. The number of aromatic nitrogens is 1. The third kappa shape index (κ3) is 4.49. The molecule has 6 heteroatoms. The molecule has 0 spiro atoms. The Morgan fingerprint density at radius 2 is 2.00 bits per heavy atom. The summed E-state index contributed by atoms with van der Waals surface area (Å²) in [4.78, 5) is 7.71. The van der Waals surface area contributed by atoms with Crippen LogP contribution in [0.15, 0.2) is 47.6 Å². The topological polar surface area (TPSA) is 75.4 Å². The third-order valence-electron chi connectivity index (χ3n) is 4.41. The molecule has 0 saturated carbocycles. The molecule has 0 saturated heterocycles. The van der Waals surface area contributed by atoms with Crippen LogP contribution < -0.4 is 15.8 Å². The highest BCUT2D eigenvalue weighted by atomic mass is 127. The van der Waals surface area contributed by atoms with E-state index in [1.165, 1.54) is 16.7 Å². The number of nitrogens with two attached hydrogens (primary N) is 1. The SMILES string of the molecule is COc1cccc2[nH]cc(CCN=C(N)Nc3ccc(C)c(C)c3)c12.I. The molecule has 3 aromatic rings. The van der Waals surface area contributed by atoms with E-state index in [2.05, 4.69) is 41.3 Å². The van der Waals surface area contributed by atoms with Crippen LogP contribution in [0.4, 0.5) is 5.69 Å². The minimum Gasteiger partial charge on any atom is -0.496 e. The summed E-state index contributed by atoms with van der Waals surface area (Å²) in [6, 6.07) is 12.1. The van der Waals surface area contributed by atoms with Gasteiger partial charge in [0.15, 0.2) is 5.96 Å². The highest BCUT2D eigenvalue weighted by molar-refractivity contribution is 14.0. The number of aryl methyl sites for hydroxylation is 2. The normalized spacial score (nSPS) is 11.3. The Morgan fingerprint density at radius 1 is 1.19 bits per heavy atom. The van der Waals surface area contributed by atoms with Crippen molar-refractivity contribution >= 4 is 46.5 Å². The van der Waals surface area contributed by atoms with E-state index in [0.29, 0.717) is 12.5 Å². The molecule has 1 aromatic heterocycles. The summed E-state index contributed by atoms with van der Waals surface area (Å²) in [5, 5.41) is 4.26. The highest BCUT2D eigenvalue weighted by Gasteiger charge is 2.08. The van der Waals surface area contributed by atoms with Crippen molar-refractivity contribution in [2.24, 2.45) is 10.7 Å². The maximum Gasteiger partial charge on any atom is 0.193 e. The molecule has 26 heavy (non-hydrogen) atoms. The van der Waals surface area contributed by atoms with Gasteiger partial charge >= 0.3 is 0 Å². The van der Waals surface area contributed by atoms with Crippen LogP contribution in [-0.2, 0) is 6.42 Å². The monoisotopic (exact) mass is 464 g/mol. The van der Waals surface area contributed by atoms with Crippen molar-refractivity contribution in [3.8, 4) is 5.75 Å². The van der Waals surface area contributed by atoms with Crippen molar-refractivity contribution in [2.75, 3.05) is 19.0 Å². The van der Waals surface area contributed by atoms with E-state index < -0.39 is 0 Å². The number of fused-ring (bicyclic) bond motifs is 1. The first-order valence-corrected chi connectivity index (χ1v) is 8.35. The van der Waals surface area contributed by atoms with Crippen molar-refractivity contribution in [1.82, 2.24) is 4.98 Å². The Balaban J connectivity index is 0.00000243. The minimum absolute atomic E-state index is 0. The van der Waals surface area contributed by atoms with Gasteiger partial charge in [-0.1, -0.05) is 12.1 Å². The number of ether oxygens (including phenoxy) is 1. The van der Waals surface area contributed by atoms with E-state index in [-0.39, 0.29) is 24.0 Å². The van der Waals surface area contributed by atoms with Gasteiger partial charge in [0.2, 0.25) is 0 Å². The van der Waals surface area contributed by atoms with Gasteiger partial charge in [-0.15, -0.1) is 24.0 Å². The molecule has 5 nitrogen and oxygen atoms in total. The number of aliphatic imine (C=N–C) groups is 1. The predicted molar refractivity (Wildman–Crippen MR) is 120 cm³/mol. The van der Waals surface area contributed by atoms with Crippen LogP contribution in [0.1, 0.15) is 16.7 Å². The molecule has 0 unspecified atom stereocenters. The van der Waals surface area contributed by atoms with Crippen molar-refractivity contribution in [3.63, 3.8) is 0 Å². The van der Waals surface area contributed by atoms with E-state index in [1.807, 2.05) is 30.5 Å². The summed E-state index contributed by atoms with van der Waals surface area (Å²) >= 11 is 0. The van der Waals surface area contributed by atoms with Crippen LogP contribution in [-0.4, -0.2) is 24.6 Å². The zero-order valence-electron chi connectivity index (χ0n) is 15.3. The van der Waals surface area contributed by atoms with E-state index in [1.54, 1.807) is 7.11 Å². The van der Waals surface area contributed by atoms with E-state index in [0.717, 1.165) is 28.8 Å². The molecule has 0 fully saturated rings. The first-order valence-electron chi connectivity index (χ1n) is 8.35. The fourth-order valence-corrected chi connectivity index (χ4v) is 2.89. The van der Waals surface area contributed by atoms with Crippen molar-refractivity contribution in [1.29, 1.82) is 0 Å². The number of aromatic amines is 1. The summed E-state index contributed by atoms with van der Waals surface area (Å²) in [6.45, 7) is 4.78. The minimum atomic E-state index is 0. The second kappa shape index (κ2) is 8.93. The third-order valence-corrected chi connectivity index (χ3v) is 4.41. The smallest absolute Gasteiger partial charge is 0.193 e. The van der Waals surface area contributed by atoms with E-state index in [9.17, 15) is 0 Å². The van der Waals surface area contributed by atoms with Gasteiger partial charge < -0.3 is 20.8 Å². The van der Waals surface area contributed by atoms with Crippen LogP contribution in [0, 0.1) is 13.8 Å². The van der Waals surface area contributed by atoms with Gasteiger partial charge in [0.1, 0.15) is 5.75 Å². The van der Waals surface area contributed by atoms with Gasteiger partial charge in [0, 0.05) is 29.3 Å². The summed E-state index contributed by atoms with van der Waals surface area (Å²) < 4.78 is 5.46. The van der Waals surface area contributed by atoms with Gasteiger partial charge in [0.25, 0.3) is 0 Å². The molecule has 0 atom stereocenters. The van der Waals surface area contributed by atoms with Gasteiger partial charge in [-0.2, -0.15) is 0 Å². The van der Waals surface area contributed by atoms with E-state index in [4.69, 9.17) is 10.5 Å². The number of benzene rings is 2. The molecule has 0 amide bonds. The molecule has 138 valence electrons. The summed E-state index contributed by atoms with van der Waals surface area (Å²) in [6.07, 6.45) is 2.80. The van der Waals surface area contributed by atoms with Crippen LogP contribution in [0.3, 0.4) is 0 Å². The standard InChI is InChI=1S/C20H24N4O.HI/c1-13-7-8-16(11-14(13)2)24-20(21)22-10-9-15-12-23-17-5-4-6-18(25-3)19(15)17;/h4-8,11-12,23H,9-10H2,1-3H3,(H3,21,22,24);1H. The Hall–Kier alpha value is -2.22. The second-order valence-corrected chi connectivity index (χ2v) is 6.14. The fourth-order valence-electron chi connectivity index (χ4n) is 2.89. The first kappa shape index (κ1) is 20.1. The molecule has 0 aliphatic rings. The lowest BCUT2D eigenvalue weighted by atomic mass is 10.1.